The predicted molar refractivity (Wildman–Crippen MR) is 74.7 cm³/mol. The molecule has 18 heavy (non-hydrogen) atoms. The average Bonchev–Trinajstić information content (AvgIpc) is 2.30. The zero-order valence-electron chi connectivity index (χ0n) is 11.6. The van der Waals surface area contributed by atoms with Crippen molar-refractivity contribution in [2.24, 2.45) is 0 Å². The molecule has 102 valence electrons. The summed E-state index contributed by atoms with van der Waals surface area (Å²) in [7, 11) is 0. The molecule has 0 aromatic carbocycles. The summed E-state index contributed by atoms with van der Waals surface area (Å²) in [6, 6.07) is -0.378. The molecule has 0 aromatic heterocycles. The number of hydrogen-bond donors (Lipinski definition) is 2. The van der Waals surface area contributed by atoms with E-state index >= 15 is 0 Å². The van der Waals surface area contributed by atoms with Crippen LogP contribution in [0.4, 0.5) is 4.79 Å². The highest BCUT2D eigenvalue weighted by Crippen LogP contribution is 2.03. The Hall–Kier alpha value is -1.84. The van der Waals surface area contributed by atoms with Gasteiger partial charge in [0, 0.05) is 12.5 Å². The Labute approximate surface area is 109 Å². The molecular weight excluding hydrogens is 230 g/mol. The van der Waals surface area contributed by atoms with Gasteiger partial charge in [-0.1, -0.05) is 44.7 Å². The van der Waals surface area contributed by atoms with Crippen LogP contribution >= 0.6 is 0 Å². The van der Waals surface area contributed by atoms with Gasteiger partial charge in [-0.15, -0.1) is 0 Å². The van der Waals surface area contributed by atoms with Gasteiger partial charge in [0.25, 0.3) is 0 Å². The minimum absolute atomic E-state index is 0.0741. The second-order valence-corrected chi connectivity index (χ2v) is 3.45. The highest BCUT2D eigenvalue weighted by Gasteiger charge is 2.11. The molecule has 4 heteroatoms. The van der Waals surface area contributed by atoms with Crippen molar-refractivity contribution in [3.05, 3.63) is 36.5 Å². The Kier molecular flexibility index (Phi) is 12.0. The van der Waals surface area contributed by atoms with E-state index in [0.717, 1.165) is 0 Å². The molecule has 0 saturated carbocycles. The van der Waals surface area contributed by atoms with Crippen molar-refractivity contribution >= 4 is 11.9 Å². The molecule has 0 fully saturated rings. The number of allylic oxidation sites excluding steroid dienone is 5. The van der Waals surface area contributed by atoms with Gasteiger partial charge in [-0.25, -0.2) is 4.79 Å². The number of amides is 1. The van der Waals surface area contributed by atoms with E-state index in [1.165, 1.54) is 0 Å². The van der Waals surface area contributed by atoms with E-state index in [4.69, 9.17) is 5.11 Å². The number of carbonyl (C=O) groups is 2. The molecule has 0 bridgehead atoms. The first-order chi connectivity index (χ1) is 8.47. The lowest BCUT2D eigenvalue weighted by Crippen LogP contribution is -2.32. The molecule has 0 aromatic rings. The quantitative estimate of drug-likeness (QED) is 0.563. The van der Waals surface area contributed by atoms with Gasteiger partial charge in [-0.2, -0.15) is 0 Å². The molecule has 2 N–H and O–H groups in total. The van der Waals surface area contributed by atoms with Crippen LogP contribution < -0.4 is 5.32 Å². The Bertz CT molecular complexity index is 330. The number of hydrogen-bond acceptors (Lipinski definition) is 2. The van der Waals surface area contributed by atoms with Gasteiger partial charge >= 0.3 is 6.09 Å². The minimum Gasteiger partial charge on any atom is -0.465 e. The smallest absolute Gasteiger partial charge is 0.404 e. The van der Waals surface area contributed by atoms with Crippen molar-refractivity contribution in [2.75, 3.05) is 0 Å². The third kappa shape index (κ3) is 10.7. The van der Waals surface area contributed by atoms with Gasteiger partial charge in [-0.05, 0) is 19.4 Å². The molecule has 0 aliphatic carbocycles. The van der Waals surface area contributed by atoms with Crippen LogP contribution in [0.2, 0.25) is 0 Å². The maximum absolute atomic E-state index is 11.6. The zero-order chi connectivity index (χ0) is 14.6. The van der Waals surface area contributed by atoms with Crippen LogP contribution in [0.3, 0.4) is 0 Å². The molecule has 0 radical (unpaired) electrons. The van der Waals surface area contributed by atoms with Gasteiger partial charge in [0.15, 0.2) is 5.78 Å². The molecule has 1 atom stereocenters. The summed E-state index contributed by atoms with van der Waals surface area (Å²) in [4.78, 5) is 21.9. The molecule has 4 nitrogen and oxygen atoms in total. The molecule has 0 aliphatic rings. The maximum Gasteiger partial charge on any atom is 0.404 e. The van der Waals surface area contributed by atoms with Crippen LogP contribution in [0.25, 0.3) is 0 Å². The minimum atomic E-state index is -1.12. The fourth-order valence-corrected chi connectivity index (χ4v) is 1.07. The normalized spacial score (nSPS) is 12.3. The first kappa shape index (κ1) is 18.5. The second-order valence-electron chi connectivity index (χ2n) is 3.45. The number of rotatable bonds is 6. The third-order valence-corrected chi connectivity index (χ3v) is 1.89. The monoisotopic (exact) mass is 253 g/mol. The van der Waals surface area contributed by atoms with Gasteiger partial charge in [-0.3, -0.25) is 4.79 Å². The summed E-state index contributed by atoms with van der Waals surface area (Å²) >= 11 is 0. The SMILES string of the molecule is C=C/C=C\C=C(/C)C(=O)CC(C)NC(=O)O.CC. The first-order valence-corrected chi connectivity index (χ1v) is 5.96. The molecular formula is C14H23NO3. The van der Waals surface area contributed by atoms with E-state index in [9.17, 15) is 9.59 Å². The van der Waals surface area contributed by atoms with Crippen molar-refractivity contribution in [2.45, 2.75) is 40.2 Å². The summed E-state index contributed by atoms with van der Waals surface area (Å²) in [6.07, 6.45) is 5.77. The topological polar surface area (TPSA) is 66.4 Å². The van der Waals surface area contributed by atoms with Crippen LogP contribution in [0.15, 0.2) is 36.5 Å². The van der Waals surface area contributed by atoms with E-state index in [0.29, 0.717) is 5.57 Å². The Morgan fingerprint density at radius 1 is 1.33 bits per heavy atom. The summed E-state index contributed by atoms with van der Waals surface area (Å²) in [5, 5.41) is 10.7. The lowest BCUT2D eigenvalue weighted by Gasteiger charge is -2.09. The lowest BCUT2D eigenvalue weighted by molar-refractivity contribution is -0.115. The van der Waals surface area contributed by atoms with Gasteiger partial charge in [0.1, 0.15) is 0 Å². The summed E-state index contributed by atoms with van der Waals surface area (Å²) in [5.41, 5.74) is 0.595. The first-order valence-electron chi connectivity index (χ1n) is 5.96. The number of carboxylic acid groups (broad SMARTS) is 1. The van der Waals surface area contributed by atoms with Crippen molar-refractivity contribution in [3.8, 4) is 0 Å². The molecule has 0 heterocycles. The van der Waals surface area contributed by atoms with Crippen LogP contribution in [-0.4, -0.2) is 23.0 Å². The van der Waals surface area contributed by atoms with Crippen molar-refractivity contribution in [3.63, 3.8) is 0 Å². The maximum atomic E-state index is 11.6. The molecule has 1 unspecified atom stereocenters. The highest BCUT2D eigenvalue weighted by molar-refractivity contribution is 5.95. The van der Waals surface area contributed by atoms with Crippen LogP contribution in [0.1, 0.15) is 34.1 Å². The third-order valence-electron chi connectivity index (χ3n) is 1.89. The highest BCUT2D eigenvalue weighted by atomic mass is 16.4. The largest absolute Gasteiger partial charge is 0.465 e. The standard InChI is InChI=1S/C12H17NO3.C2H6/c1-4-5-6-7-9(2)11(14)8-10(3)13-12(15)16;1-2/h4-7,10,13H,1,8H2,2-3H3,(H,15,16);1-2H3/b6-5-,9-7+;. The van der Waals surface area contributed by atoms with Crippen LogP contribution in [0.5, 0.6) is 0 Å². The summed E-state index contributed by atoms with van der Waals surface area (Å²) in [6.45, 7) is 10.9. The predicted octanol–water partition coefficient (Wildman–Crippen LogP) is 3.32. The number of nitrogens with one attached hydrogen (secondary N) is 1. The second kappa shape index (κ2) is 11.6. The van der Waals surface area contributed by atoms with Crippen LogP contribution in [-0.2, 0) is 4.79 Å². The molecule has 0 aliphatic heterocycles. The van der Waals surface area contributed by atoms with Crippen molar-refractivity contribution in [1.29, 1.82) is 0 Å². The fourth-order valence-electron chi connectivity index (χ4n) is 1.07. The van der Waals surface area contributed by atoms with Crippen LogP contribution in [0, 0.1) is 0 Å². The number of carbonyl (C=O) groups excluding carboxylic acids is 1. The van der Waals surface area contributed by atoms with E-state index < -0.39 is 6.09 Å². The summed E-state index contributed by atoms with van der Waals surface area (Å²) < 4.78 is 0. The number of ketones is 1. The Morgan fingerprint density at radius 3 is 2.33 bits per heavy atom. The molecule has 0 spiro atoms. The fraction of sp³-hybridized carbons (Fsp3) is 0.429. The van der Waals surface area contributed by atoms with Gasteiger partial charge in [0.05, 0.1) is 0 Å². The molecule has 0 saturated heterocycles. The number of Topliss-reactive ketones (excluding diaryl/α,β-unsaturated/α-hetero) is 1. The van der Waals surface area contributed by atoms with E-state index in [1.807, 2.05) is 13.8 Å². The Morgan fingerprint density at radius 2 is 1.89 bits per heavy atom. The average molecular weight is 253 g/mol. The lowest BCUT2D eigenvalue weighted by atomic mass is 10.1. The summed E-state index contributed by atoms with van der Waals surface area (Å²) in [5.74, 6) is -0.0741. The van der Waals surface area contributed by atoms with Crippen molar-refractivity contribution in [1.82, 2.24) is 5.32 Å². The molecule has 0 rings (SSSR count). The van der Waals surface area contributed by atoms with Gasteiger partial charge in [0.2, 0.25) is 0 Å². The van der Waals surface area contributed by atoms with E-state index in [1.54, 1.807) is 38.2 Å². The zero-order valence-corrected chi connectivity index (χ0v) is 11.6. The van der Waals surface area contributed by atoms with Gasteiger partial charge < -0.3 is 10.4 Å². The Balaban J connectivity index is 0. The van der Waals surface area contributed by atoms with Crippen molar-refractivity contribution < 1.29 is 14.7 Å². The van der Waals surface area contributed by atoms with E-state index in [2.05, 4.69) is 11.9 Å². The molecule has 1 amide bonds. The van der Waals surface area contributed by atoms with E-state index in [-0.39, 0.29) is 18.2 Å².